The quantitative estimate of drug-likeness (QED) is 0.924. The summed E-state index contributed by atoms with van der Waals surface area (Å²) < 4.78 is 5.16. The largest absolute Gasteiger partial charge is 0.497 e. The third kappa shape index (κ3) is 2.91. The van der Waals surface area contributed by atoms with Crippen molar-refractivity contribution < 1.29 is 4.74 Å². The Kier molecular flexibility index (Phi) is 4.12. The van der Waals surface area contributed by atoms with E-state index in [9.17, 15) is 0 Å². The maximum Gasteiger partial charge on any atom is 0.156 e. The molecule has 2 aromatic rings. The molecule has 1 heterocycles. The number of methoxy groups -OCH3 is 1. The minimum atomic E-state index is 0.403. The first-order valence-electron chi connectivity index (χ1n) is 5.63. The van der Waals surface area contributed by atoms with Gasteiger partial charge in [0, 0.05) is 6.07 Å². The number of anilines is 2. The summed E-state index contributed by atoms with van der Waals surface area (Å²) >= 11 is 12.1. The first-order chi connectivity index (χ1) is 9.02. The highest BCUT2D eigenvalue weighted by Crippen LogP contribution is 2.30. The molecule has 0 aliphatic carbocycles. The first-order valence-corrected chi connectivity index (χ1v) is 6.38. The molecule has 100 valence electrons. The Balaban J connectivity index is 2.39. The van der Waals surface area contributed by atoms with Gasteiger partial charge in [0.1, 0.15) is 5.75 Å². The molecule has 0 aliphatic rings. The van der Waals surface area contributed by atoms with Crippen LogP contribution in [0.5, 0.6) is 5.75 Å². The van der Waals surface area contributed by atoms with Crippen LogP contribution in [0.4, 0.5) is 11.5 Å². The predicted molar refractivity (Wildman–Crippen MR) is 77.8 cm³/mol. The van der Waals surface area contributed by atoms with Gasteiger partial charge in [-0.25, -0.2) is 0 Å². The Morgan fingerprint density at radius 2 is 1.84 bits per heavy atom. The summed E-state index contributed by atoms with van der Waals surface area (Å²) in [5.74, 6) is 1.33. The second kappa shape index (κ2) is 5.63. The molecule has 1 aromatic heterocycles. The fraction of sp³-hybridized carbons (Fsp3) is 0.231. The molecule has 0 saturated heterocycles. The summed E-state index contributed by atoms with van der Waals surface area (Å²) in [6.07, 6.45) is 0. The highest BCUT2D eigenvalue weighted by Gasteiger charge is 2.10. The summed E-state index contributed by atoms with van der Waals surface area (Å²) in [7, 11) is 1.60. The van der Waals surface area contributed by atoms with Crippen molar-refractivity contribution in [1.29, 1.82) is 0 Å². The zero-order chi connectivity index (χ0) is 14.0. The van der Waals surface area contributed by atoms with Gasteiger partial charge in [-0.3, -0.25) is 0 Å². The molecule has 19 heavy (non-hydrogen) atoms. The SMILES string of the molecule is COc1ccc(Cl)c(Nc2nnc(Cl)c(C)c2C)c1. The van der Waals surface area contributed by atoms with Crippen LogP contribution in [0.25, 0.3) is 0 Å². The Labute approximate surface area is 121 Å². The Bertz CT molecular complexity index is 617. The van der Waals surface area contributed by atoms with E-state index in [1.807, 2.05) is 13.8 Å². The van der Waals surface area contributed by atoms with Gasteiger partial charge in [-0.05, 0) is 37.1 Å². The molecule has 2 rings (SSSR count). The summed E-state index contributed by atoms with van der Waals surface area (Å²) in [5.41, 5.74) is 2.53. The summed E-state index contributed by atoms with van der Waals surface area (Å²) in [4.78, 5) is 0. The van der Waals surface area contributed by atoms with Crippen LogP contribution in [-0.4, -0.2) is 17.3 Å². The highest BCUT2D eigenvalue weighted by atomic mass is 35.5. The van der Waals surface area contributed by atoms with Gasteiger partial charge in [0.15, 0.2) is 11.0 Å². The summed E-state index contributed by atoms with van der Waals surface area (Å²) in [5, 5.41) is 12.0. The summed E-state index contributed by atoms with van der Waals surface area (Å²) in [6, 6.07) is 5.35. The molecule has 0 unspecified atom stereocenters. The molecule has 0 amide bonds. The average molecular weight is 298 g/mol. The van der Waals surface area contributed by atoms with Crippen molar-refractivity contribution in [2.75, 3.05) is 12.4 Å². The van der Waals surface area contributed by atoms with Crippen LogP contribution in [0, 0.1) is 13.8 Å². The fourth-order valence-electron chi connectivity index (χ4n) is 1.55. The van der Waals surface area contributed by atoms with Crippen molar-refractivity contribution in [2.45, 2.75) is 13.8 Å². The van der Waals surface area contributed by atoms with E-state index in [0.717, 1.165) is 11.1 Å². The van der Waals surface area contributed by atoms with Crippen LogP contribution in [0.1, 0.15) is 11.1 Å². The van der Waals surface area contributed by atoms with Crippen molar-refractivity contribution >= 4 is 34.7 Å². The zero-order valence-electron chi connectivity index (χ0n) is 10.8. The fourth-order valence-corrected chi connectivity index (χ4v) is 1.89. The minimum Gasteiger partial charge on any atom is -0.497 e. The molecule has 6 heteroatoms. The van der Waals surface area contributed by atoms with Crippen LogP contribution < -0.4 is 10.1 Å². The Morgan fingerprint density at radius 3 is 2.53 bits per heavy atom. The third-order valence-corrected chi connectivity index (χ3v) is 3.58. The lowest BCUT2D eigenvalue weighted by atomic mass is 10.2. The number of nitrogens with one attached hydrogen (secondary N) is 1. The Hall–Kier alpha value is -1.52. The molecule has 0 fully saturated rings. The predicted octanol–water partition coefficient (Wildman–Crippen LogP) is 4.15. The topological polar surface area (TPSA) is 47.0 Å². The molecular weight excluding hydrogens is 285 g/mol. The molecule has 0 radical (unpaired) electrons. The Morgan fingerprint density at radius 1 is 1.11 bits per heavy atom. The van der Waals surface area contributed by atoms with Gasteiger partial charge < -0.3 is 10.1 Å². The summed E-state index contributed by atoms with van der Waals surface area (Å²) in [6.45, 7) is 3.82. The second-order valence-corrected chi connectivity index (χ2v) is 4.83. The molecule has 0 spiro atoms. The number of nitrogens with zero attached hydrogens (tertiary/aromatic N) is 2. The molecule has 0 saturated carbocycles. The van der Waals surface area contributed by atoms with E-state index in [0.29, 0.717) is 27.4 Å². The van der Waals surface area contributed by atoms with Crippen LogP contribution in [0.3, 0.4) is 0 Å². The van der Waals surface area contributed by atoms with E-state index in [1.165, 1.54) is 0 Å². The average Bonchev–Trinajstić information content (AvgIpc) is 2.41. The highest BCUT2D eigenvalue weighted by molar-refractivity contribution is 6.33. The number of hydrogen-bond acceptors (Lipinski definition) is 4. The molecule has 0 atom stereocenters. The van der Waals surface area contributed by atoms with Gasteiger partial charge in [0.05, 0.1) is 17.8 Å². The lowest BCUT2D eigenvalue weighted by Gasteiger charge is -2.12. The normalized spacial score (nSPS) is 10.4. The van der Waals surface area contributed by atoms with Crippen molar-refractivity contribution in [3.8, 4) is 5.75 Å². The van der Waals surface area contributed by atoms with Gasteiger partial charge in [-0.2, -0.15) is 0 Å². The molecule has 0 aliphatic heterocycles. The first kappa shape index (κ1) is 13.9. The third-order valence-electron chi connectivity index (χ3n) is 2.89. The van der Waals surface area contributed by atoms with E-state index in [4.69, 9.17) is 27.9 Å². The minimum absolute atomic E-state index is 0.403. The maximum absolute atomic E-state index is 6.13. The number of halogens is 2. The second-order valence-electron chi connectivity index (χ2n) is 4.06. The van der Waals surface area contributed by atoms with Crippen LogP contribution in [0.15, 0.2) is 18.2 Å². The smallest absolute Gasteiger partial charge is 0.156 e. The van der Waals surface area contributed by atoms with Crippen molar-refractivity contribution in [2.24, 2.45) is 0 Å². The molecule has 0 bridgehead atoms. The standard InChI is InChI=1S/C13H13Cl2N3O/c1-7-8(2)13(18-17-12(7)15)16-11-6-9(19-3)4-5-10(11)14/h4-6H,1-3H3,(H,16,18). The van der Waals surface area contributed by atoms with Gasteiger partial charge in [-0.1, -0.05) is 23.2 Å². The van der Waals surface area contributed by atoms with Crippen molar-refractivity contribution in [1.82, 2.24) is 10.2 Å². The molecule has 4 nitrogen and oxygen atoms in total. The van der Waals surface area contributed by atoms with E-state index >= 15 is 0 Å². The van der Waals surface area contributed by atoms with Gasteiger partial charge >= 0.3 is 0 Å². The van der Waals surface area contributed by atoms with E-state index < -0.39 is 0 Å². The number of rotatable bonds is 3. The van der Waals surface area contributed by atoms with E-state index in [-0.39, 0.29) is 0 Å². The number of ether oxygens (including phenoxy) is 1. The monoisotopic (exact) mass is 297 g/mol. The van der Waals surface area contributed by atoms with Crippen molar-refractivity contribution in [3.05, 3.63) is 39.5 Å². The van der Waals surface area contributed by atoms with Gasteiger partial charge in [0.2, 0.25) is 0 Å². The van der Waals surface area contributed by atoms with Crippen LogP contribution >= 0.6 is 23.2 Å². The van der Waals surface area contributed by atoms with Crippen LogP contribution in [-0.2, 0) is 0 Å². The van der Waals surface area contributed by atoms with Gasteiger partial charge in [-0.15, -0.1) is 10.2 Å². The lowest BCUT2D eigenvalue weighted by molar-refractivity contribution is 0.415. The van der Waals surface area contributed by atoms with E-state index in [1.54, 1.807) is 25.3 Å². The maximum atomic E-state index is 6.13. The van der Waals surface area contributed by atoms with E-state index in [2.05, 4.69) is 15.5 Å². The van der Waals surface area contributed by atoms with Crippen molar-refractivity contribution in [3.63, 3.8) is 0 Å². The van der Waals surface area contributed by atoms with Crippen LogP contribution in [0.2, 0.25) is 10.2 Å². The molecular formula is C13H13Cl2N3O. The number of aromatic nitrogens is 2. The zero-order valence-corrected chi connectivity index (χ0v) is 12.3. The molecule has 1 aromatic carbocycles. The van der Waals surface area contributed by atoms with Gasteiger partial charge in [0.25, 0.3) is 0 Å². The molecule has 1 N–H and O–H groups in total. The lowest BCUT2D eigenvalue weighted by Crippen LogP contribution is -2.02. The number of benzene rings is 1. The number of hydrogen-bond donors (Lipinski definition) is 1.